The largest absolute Gasteiger partial charge is 0.481 e. The van der Waals surface area contributed by atoms with Crippen LogP contribution in [0.15, 0.2) is 30.3 Å². The van der Waals surface area contributed by atoms with Crippen molar-refractivity contribution in [3.63, 3.8) is 0 Å². The lowest BCUT2D eigenvalue weighted by molar-refractivity contribution is -0.356. The number of hydrogen-bond donors (Lipinski definition) is 1. The average molecular weight is 418 g/mol. The summed E-state index contributed by atoms with van der Waals surface area (Å²) in [6.07, 6.45) is -2.20. The molecule has 162 valence electrons. The molecule has 3 fully saturated rings. The normalized spacial score (nSPS) is 40.3. The number of hydrogen-bond acceptors (Lipinski definition) is 7. The number of fused-ring (bicyclic) bond motifs is 3. The molecule has 2 heterocycles. The number of aliphatic carboxylic acids is 1. The maximum atomic E-state index is 12.9. The molecule has 0 bridgehead atoms. The first kappa shape index (κ1) is 21.1. The molecule has 8 heteroatoms. The van der Waals surface area contributed by atoms with Crippen molar-refractivity contribution in [2.24, 2.45) is 23.2 Å². The number of carbonyl (C=O) groups is 3. The third-order valence-corrected chi connectivity index (χ3v) is 6.78. The van der Waals surface area contributed by atoms with Crippen molar-refractivity contribution in [1.29, 1.82) is 0 Å². The van der Waals surface area contributed by atoms with Crippen LogP contribution in [0.5, 0.6) is 0 Å². The molecule has 1 aromatic rings. The molecule has 0 spiro atoms. The maximum Gasteiger partial charge on any atom is 0.307 e. The van der Waals surface area contributed by atoms with Crippen molar-refractivity contribution in [3.8, 4) is 0 Å². The minimum atomic E-state index is -1.36. The molecule has 0 amide bonds. The van der Waals surface area contributed by atoms with E-state index in [0.717, 1.165) is 11.8 Å². The summed E-state index contributed by atoms with van der Waals surface area (Å²) in [5.74, 6) is -3.81. The van der Waals surface area contributed by atoms with Gasteiger partial charge in [0.1, 0.15) is 24.3 Å². The fourth-order valence-corrected chi connectivity index (χ4v) is 5.46. The van der Waals surface area contributed by atoms with Crippen LogP contribution in [0.1, 0.15) is 31.6 Å². The number of carboxylic acids is 1. The summed E-state index contributed by atoms with van der Waals surface area (Å²) in [6.45, 7) is 1.85. The molecule has 8 atom stereocenters. The van der Waals surface area contributed by atoms with Gasteiger partial charge < -0.3 is 28.8 Å². The summed E-state index contributed by atoms with van der Waals surface area (Å²) in [5, 5.41) is 9.87. The first-order chi connectivity index (χ1) is 14.5. The molecule has 1 aliphatic carbocycles. The number of carboxylic acid groups (broad SMARTS) is 1. The number of benzene rings is 1. The zero-order valence-electron chi connectivity index (χ0n) is 16.9. The average Bonchev–Trinajstić information content (AvgIpc) is 3.15. The van der Waals surface area contributed by atoms with E-state index in [0.29, 0.717) is 0 Å². The Morgan fingerprint density at radius 1 is 1.27 bits per heavy atom. The Labute approximate surface area is 174 Å². The first-order valence-corrected chi connectivity index (χ1v) is 10.2. The highest BCUT2D eigenvalue weighted by Crippen LogP contribution is 2.60. The number of ether oxygens (including phenoxy) is 4. The minimum Gasteiger partial charge on any atom is -0.481 e. The topological polar surface area (TPSA) is 108 Å². The van der Waals surface area contributed by atoms with Crippen molar-refractivity contribution in [2.75, 3.05) is 13.7 Å². The van der Waals surface area contributed by atoms with Gasteiger partial charge in [0.25, 0.3) is 0 Å². The monoisotopic (exact) mass is 418 g/mol. The van der Waals surface area contributed by atoms with E-state index in [9.17, 15) is 19.5 Å². The lowest BCUT2D eigenvalue weighted by Gasteiger charge is -2.53. The Hall–Kier alpha value is -2.13. The van der Waals surface area contributed by atoms with Gasteiger partial charge in [0.15, 0.2) is 12.6 Å². The van der Waals surface area contributed by atoms with Crippen molar-refractivity contribution in [1.82, 2.24) is 0 Å². The van der Waals surface area contributed by atoms with E-state index in [1.54, 1.807) is 6.92 Å². The van der Waals surface area contributed by atoms with Crippen LogP contribution >= 0.6 is 0 Å². The van der Waals surface area contributed by atoms with Crippen LogP contribution in [0.25, 0.3) is 0 Å². The summed E-state index contributed by atoms with van der Waals surface area (Å²) in [6, 6.07) is 9.27. The zero-order valence-corrected chi connectivity index (χ0v) is 16.9. The Morgan fingerprint density at radius 2 is 2.00 bits per heavy atom. The van der Waals surface area contributed by atoms with E-state index in [2.05, 4.69) is 0 Å². The highest BCUT2D eigenvalue weighted by atomic mass is 16.7. The highest BCUT2D eigenvalue weighted by molar-refractivity contribution is 5.88. The van der Waals surface area contributed by atoms with Crippen molar-refractivity contribution < 1.29 is 38.4 Å². The van der Waals surface area contributed by atoms with Gasteiger partial charge in [-0.15, -0.1) is 0 Å². The second-order valence-corrected chi connectivity index (χ2v) is 8.11. The fourth-order valence-electron chi connectivity index (χ4n) is 5.46. The van der Waals surface area contributed by atoms with Crippen LogP contribution in [0, 0.1) is 23.2 Å². The molecule has 0 radical (unpaired) electrons. The molecule has 3 aliphatic rings. The van der Waals surface area contributed by atoms with Gasteiger partial charge in [0, 0.05) is 30.9 Å². The number of ketones is 1. The summed E-state index contributed by atoms with van der Waals surface area (Å²) in [5.41, 5.74) is -0.593. The van der Waals surface area contributed by atoms with Gasteiger partial charge in [0.2, 0.25) is 0 Å². The number of carbonyl (C=O) groups excluding carboxylic acids is 2. The fraction of sp³-hybridized carbons (Fsp3) is 0.591. The summed E-state index contributed by atoms with van der Waals surface area (Å²) in [4.78, 5) is 37.7. The molecule has 8 nitrogen and oxygen atoms in total. The summed E-state index contributed by atoms with van der Waals surface area (Å²) < 4.78 is 23.6. The third-order valence-electron chi connectivity index (χ3n) is 6.78. The van der Waals surface area contributed by atoms with Gasteiger partial charge in [0.05, 0.1) is 17.9 Å². The maximum absolute atomic E-state index is 12.9. The van der Waals surface area contributed by atoms with Gasteiger partial charge in [-0.05, 0) is 6.42 Å². The van der Waals surface area contributed by atoms with Gasteiger partial charge >= 0.3 is 5.97 Å². The van der Waals surface area contributed by atoms with Crippen LogP contribution in [0.2, 0.25) is 0 Å². The Bertz CT molecular complexity index is 811. The van der Waals surface area contributed by atoms with Crippen molar-refractivity contribution in [2.45, 2.75) is 44.6 Å². The standard InChI is InChI=1S/C22H26O8/c1-3-15(24)14-9-13(19(25)26)17-21(27-2)29-16-10-28-20(12-7-5-4-6-8-12)30-18(16)22(14,17)11-23/h4-8,11,13-14,16-18,20-21H,3,9-10H2,1-2H3,(H,25,26)/t13-,14-,16+,17+,18+,20+,21-,22+/m0/s1. The molecular weight excluding hydrogens is 392 g/mol. The van der Waals surface area contributed by atoms with Gasteiger partial charge in [-0.1, -0.05) is 37.3 Å². The lowest BCUT2D eigenvalue weighted by atomic mass is 9.63. The lowest BCUT2D eigenvalue weighted by Crippen LogP contribution is -2.65. The molecule has 2 saturated heterocycles. The number of aldehydes is 1. The van der Waals surface area contributed by atoms with E-state index in [-0.39, 0.29) is 25.2 Å². The molecule has 1 aromatic carbocycles. The first-order valence-electron chi connectivity index (χ1n) is 10.2. The Kier molecular flexibility index (Phi) is 5.76. The van der Waals surface area contributed by atoms with Crippen LogP contribution in [0.3, 0.4) is 0 Å². The Balaban J connectivity index is 1.80. The van der Waals surface area contributed by atoms with Gasteiger partial charge in [-0.3, -0.25) is 9.59 Å². The second-order valence-electron chi connectivity index (χ2n) is 8.11. The molecule has 0 aromatic heterocycles. The molecule has 1 N–H and O–H groups in total. The molecular formula is C22H26O8. The van der Waals surface area contributed by atoms with Crippen LogP contribution in [0.4, 0.5) is 0 Å². The van der Waals surface area contributed by atoms with E-state index >= 15 is 0 Å². The molecule has 4 rings (SSSR count). The molecule has 2 aliphatic heterocycles. The summed E-state index contributed by atoms with van der Waals surface area (Å²) >= 11 is 0. The SMILES string of the molecule is CCC(=O)[C@@H]1C[C@H](C(=O)O)[C@@H]2[C@@H](OC)O[C@@H]3CO[C@@H](c4ccccc4)O[C@H]3[C@@]21C=O. The summed E-state index contributed by atoms with van der Waals surface area (Å²) in [7, 11) is 1.41. The highest BCUT2D eigenvalue weighted by Gasteiger charge is 2.70. The minimum absolute atomic E-state index is 0.0536. The predicted molar refractivity (Wildman–Crippen MR) is 102 cm³/mol. The van der Waals surface area contributed by atoms with Gasteiger partial charge in [-0.2, -0.15) is 0 Å². The zero-order chi connectivity index (χ0) is 21.5. The number of rotatable bonds is 6. The van der Waals surface area contributed by atoms with Crippen molar-refractivity contribution >= 4 is 18.0 Å². The number of methoxy groups -OCH3 is 1. The van der Waals surface area contributed by atoms with E-state index in [1.807, 2.05) is 30.3 Å². The quantitative estimate of drug-likeness (QED) is 0.699. The smallest absolute Gasteiger partial charge is 0.307 e. The van der Waals surface area contributed by atoms with E-state index < -0.39 is 53.9 Å². The third kappa shape index (κ3) is 3.10. The van der Waals surface area contributed by atoms with Crippen LogP contribution in [-0.2, 0) is 33.3 Å². The second kappa shape index (κ2) is 8.19. The van der Waals surface area contributed by atoms with E-state index in [1.165, 1.54) is 7.11 Å². The number of Topliss-reactive ketones (excluding diaryl/α,β-unsaturated/α-hetero) is 1. The Morgan fingerprint density at radius 3 is 2.60 bits per heavy atom. The van der Waals surface area contributed by atoms with Crippen LogP contribution in [-0.4, -0.2) is 55.4 Å². The van der Waals surface area contributed by atoms with E-state index in [4.69, 9.17) is 18.9 Å². The molecule has 30 heavy (non-hydrogen) atoms. The molecule has 1 saturated carbocycles. The van der Waals surface area contributed by atoms with Crippen LogP contribution < -0.4 is 0 Å². The van der Waals surface area contributed by atoms with Gasteiger partial charge in [-0.25, -0.2) is 0 Å². The predicted octanol–water partition coefficient (Wildman–Crippen LogP) is 1.97. The molecule has 0 unspecified atom stereocenters. The van der Waals surface area contributed by atoms with Crippen molar-refractivity contribution in [3.05, 3.63) is 35.9 Å².